The average molecular weight is 349 g/mol. The van der Waals surface area contributed by atoms with Crippen LogP contribution in [0.3, 0.4) is 0 Å². The summed E-state index contributed by atoms with van der Waals surface area (Å²) in [6, 6.07) is 0.802. The Bertz CT molecular complexity index is 502. The van der Waals surface area contributed by atoms with Crippen molar-refractivity contribution in [3.05, 3.63) is 16.1 Å². The number of hydrogen-bond donors (Lipinski definition) is 2. The summed E-state index contributed by atoms with van der Waals surface area (Å²) in [5.74, 6) is 0.539. The van der Waals surface area contributed by atoms with Gasteiger partial charge in [0.2, 0.25) is 0 Å². The number of halogens is 3. The van der Waals surface area contributed by atoms with E-state index in [2.05, 4.69) is 15.6 Å². The molecular formula is C15H22F3N3OS. The van der Waals surface area contributed by atoms with Crippen LogP contribution < -0.4 is 10.6 Å². The van der Waals surface area contributed by atoms with Gasteiger partial charge in [-0.25, -0.2) is 4.98 Å². The van der Waals surface area contributed by atoms with Gasteiger partial charge in [-0.05, 0) is 18.8 Å². The van der Waals surface area contributed by atoms with Crippen LogP contribution >= 0.6 is 11.3 Å². The first-order chi connectivity index (χ1) is 11.0. The fourth-order valence-electron chi connectivity index (χ4n) is 3.50. The van der Waals surface area contributed by atoms with Crippen LogP contribution in [0.1, 0.15) is 30.0 Å². The molecule has 0 radical (unpaired) electrons. The lowest BCUT2D eigenvalue weighted by Gasteiger charge is -2.33. The second-order valence-corrected chi connectivity index (χ2v) is 7.11. The molecule has 3 unspecified atom stereocenters. The van der Waals surface area contributed by atoms with Gasteiger partial charge >= 0.3 is 6.18 Å². The minimum atomic E-state index is -4.34. The van der Waals surface area contributed by atoms with Gasteiger partial charge in [-0.1, -0.05) is 6.42 Å². The number of hydrogen-bond acceptors (Lipinski definition) is 5. The number of nitrogens with one attached hydrogen (secondary N) is 2. The van der Waals surface area contributed by atoms with Crippen molar-refractivity contribution in [3.63, 3.8) is 0 Å². The molecule has 3 rings (SSSR count). The predicted molar refractivity (Wildman–Crippen MR) is 82.6 cm³/mol. The average Bonchev–Trinajstić information content (AvgIpc) is 3.17. The van der Waals surface area contributed by atoms with Gasteiger partial charge in [-0.15, -0.1) is 11.3 Å². The van der Waals surface area contributed by atoms with Crippen molar-refractivity contribution < 1.29 is 17.9 Å². The molecule has 1 aromatic heterocycles. The lowest BCUT2D eigenvalue weighted by molar-refractivity contribution is -0.140. The number of aromatic nitrogens is 1. The van der Waals surface area contributed by atoms with Gasteiger partial charge in [0.05, 0.1) is 18.2 Å². The first-order valence-corrected chi connectivity index (χ1v) is 8.98. The van der Waals surface area contributed by atoms with E-state index in [1.165, 1.54) is 12.8 Å². The number of rotatable bonds is 5. The van der Waals surface area contributed by atoms with Crippen LogP contribution in [-0.4, -0.2) is 43.4 Å². The molecule has 2 heterocycles. The van der Waals surface area contributed by atoms with E-state index >= 15 is 0 Å². The monoisotopic (exact) mass is 349 g/mol. The fraction of sp³-hybridized carbons (Fsp3) is 0.800. The van der Waals surface area contributed by atoms with Crippen LogP contribution in [-0.2, 0) is 17.3 Å². The van der Waals surface area contributed by atoms with Crippen molar-refractivity contribution in [3.8, 4) is 0 Å². The molecule has 130 valence electrons. The highest BCUT2D eigenvalue weighted by Crippen LogP contribution is 2.31. The maximum atomic E-state index is 12.5. The van der Waals surface area contributed by atoms with Crippen LogP contribution in [0, 0.1) is 5.92 Å². The Balaban J connectivity index is 1.47. The molecule has 0 aromatic carbocycles. The quantitative estimate of drug-likeness (QED) is 0.857. The molecule has 1 saturated heterocycles. The summed E-state index contributed by atoms with van der Waals surface area (Å²) in [5.41, 5.74) is -0.778. The van der Waals surface area contributed by atoms with E-state index in [0.717, 1.165) is 42.9 Å². The summed E-state index contributed by atoms with van der Waals surface area (Å²) in [4.78, 5) is 3.68. The third-order valence-corrected chi connectivity index (χ3v) is 5.53. The summed E-state index contributed by atoms with van der Waals surface area (Å²) >= 11 is 1.08. The molecule has 2 fully saturated rings. The fourth-order valence-corrected chi connectivity index (χ4v) is 4.31. The van der Waals surface area contributed by atoms with E-state index < -0.39 is 11.9 Å². The SMILES string of the molecule is FC(F)(F)c1csc(CCNC2CCCC2C2COCCN2)n1. The second kappa shape index (κ2) is 7.46. The first kappa shape index (κ1) is 17.1. The third kappa shape index (κ3) is 4.43. The predicted octanol–water partition coefficient (Wildman–Crippen LogP) is 2.45. The molecule has 0 bridgehead atoms. The van der Waals surface area contributed by atoms with Gasteiger partial charge in [0.1, 0.15) is 0 Å². The zero-order valence-electron chi connectivity index (χ0n) is 12.9. The molecule has 23 heavy (non-hydrogen) atoms. The van der Waals surface area contributed by atoms with E-state index in [1.807, 2.05) is 0 Å². The molecule has 0 spiro atoms. The lowest BCUT2D eigenvalue weighted by atomic mass is 9.94. The number of morpholine rings is 1. The third-order valence-electron chi connectivity index (χ3n) is 4.62. The van der Waals surface area contributed by atoms with Gasteiger partial charge in [0.15, 0.2) is 5.69 Å². The van der Waals surface area contributed by atoms with Gasteiger partial charge in [0, 0.05) is 37.0 Å². The molecule has 1 aromatic rings. The molecule has 3 atom stereocenters. The van der Waals surface area contributed by atoms with Gasteiger partial charge in [0.25, 0.3) is 0 Å². The Hall–Kier alpha value is -0.700. The summed E-state index contributed by atoms with van der Waals surface area (Å²) in [6.45, 7) is 3.09. The highest BCUT2D eigenvalue weighted by molar-refractivity contribution is 7.09. The van der Waals surface area contributed by atoms with Crippen LogP contribution in [0.4, 0.5) is 13.2 Å². The van der Waals surface area contributed by atoms with Crippen LogP contribution in [0.25, 0.3) is 0 Å². The van der Waals surface area contributed by atoms with Gasteiger partial charge in [-0.2, -0.15) is 13.2 Å². The Kier molecular flexibility index (Phi) is 5.56. The first-order valence-electron chi connectivity index (χ1n) is 8.10. The van der Waals surface area contributed by atoms with E-state index in [-0.39, 0.29) is 0 Å². The smallest absolute Gasteiger partial charge is 0.379 e. The standard InChI is InChI=1S/C15H22F3N3OS/c16-15(17,18)13-9-23-14(21-13)4-5-19-11-3-1-2-10(11)12-8-22-7-6-20-12/h9-12,19-20H,1-8H2. The van der Waals surface area contributed by atoms with Crippen molar-refractivity contribution in [1.29, 1.82) is 0 Å². The normalized spacial score (nSPS) is 29.1. The number of nitrogens with zero attached hydrogens (tertiary/aromatic N) is 1. The molecule has 8 heteroatoms. The summed E-state index contributed by atoms with van der Waals surface area (Å²) in [5, 5.41) is 8.67. The molecule has 1 aliphatic heterocycles. The second-order valence-electron chi connectivity index (χ2n) is 6.17. The molecule has 0 amide bonds. The van der Waals surface area contributed by atoms with Crippen LogP contribution in [0.5, 0.6) is 0 Å². The largest absolute Gasteiger partial charge is 0.434 e. The molecule has 1 saturated carbocycles. The summed E-state index contributed by atoms with van der Waals surface area (Å²) in [7, 11) is 0. The molecule has 2 N–H and O–H groups in total. The Morgan fingerprint density at radius 1 is 1.39 bits per heavy atom. The van der Waals surface area contributed by atoms with E-state index in [9.17, 15) is 13.2 Å². The van der Waals surface area contributed by atoms with E-state index in [1.54, 1.807) is 0 Å². The number of ether oxygens (including phenoxy) is 1. The maximum Gasteiger partial charge on any atom is 0.434 e. The Labute approximate surface area is 137 Å². The van der Waals surface area contributed by atoms with E-state index in [0.29, 0.717) is 36.0 Å². The summed E-state index contributed by atoms with van der Waals surface area (Å²) < 4.78 is 43.2. The van der Waals surface area contributed by atoms with Crippen molar-refractivity contribution in [2.24, 2.45) is 5.92 Å². The Morgan fingerprint density at radius 2 is 2.26 bits per heavy atom. The Morgan fingerprint density at radius 3 is 2.96 bits per heavy atom. The van der Waals surface area contributed by atoms with Gasteiger partial charge < -0.3 is 15.4 Å². The highest BCUT2D eigenvalue weighted by Gasteiger charge is 2.35. The summed E-state index contributed by atoms with van der Waals surface area (Å²) in [6.07, 6.45) is -0.317. The molecule has 1 aliphatic carbocycles. The van der Waals surface area contributed by atoms with Crippen molar-refractivity contribution >= 4 is 11.3 Å². The van der Waals surface area contributed by atoms with E-state index in [4.69, 9.17) is 4.74 Å². The van der Waals surface area contributed by atoms with Crippen molar-refractivity contribution in [1.82, 2.24) is 15.6 Å². The van der Waals surface area contributed by atoms with Crippen LogP contribution in [0.15, 0.2) is 5.38 Å². The topological polar surface area (TPSA) is 46.2 Å². The molecule has 2 aliphatic rings. The number of thiazole rings is 1. The minimum absolute atomic E-state index is 0.389. The van der Waals surface area contributed by atoms with Crippen molar-refractivity contribution in [2.75, 3.05) is 26.3 Å². The van der Waals surface area contributed by atoms with Crippen molar-refractivity contribution in [2.45, 2.75) is 43.9 Å². The molecular weight excluding hydrogens is 327 g/mol. The van der Waals surface area contributed by atoms with Crippen LogP contribution in [0.2, 0.25) is 0 Å². The lowest BCUT2D eigenvalue weighted by Crippen LogP contribution is -2.51. The number of alkyl halides is 3. The molecule has 4 nitrogen and oxygen atoms in total. The van der Waals surface area contributed by atoms with Gasteiger partial charge in [-0.3, -0.25) is 0 Å². The minimum Gasteiger partial charge on any atom is -0.379 e. The zero-order valence-corrected chi connectivity index (χ0v) is 13.7. The zero-order chi connectivity index (χ0) is 16.3. The maximum absolute atomic E-state index is 12.5. The highest BCUT2D eigenvalue weighted by atomic mass is 32.1.